The fraction of sp³-hybridized carbons (Fsp3) is 0.600. The molecule has 0 aromatic heterocycles. The molecule has 0 aromatic carbocycles. The molecule has 1 nitrogen and oxygen atoms in total. The lowest BCUT2D eigenvalue weighted by atomic mass is 10.2. The van der Waals surface area contributed by atoms with E-state index < -0.39 is 0 Å². The summed E-state index contributed by atoms with van der Waals surface area (Å²) in [6.45, 7) is 5.49. The van der Waals surface area contributed by atoms with Gasteiger partial charge in [0.05, 0.1) is 0 Å². The van der Waals surface area contributed by atoms with Crippen LogP contribution in [0, 0.1) is 0 Å². The summed E-state index contributed by atoms with van der Waals surface area (Å²) in [6, 6.07) is 0. The van der Waals surface area contributed by atoms with Gasteiger partial charge in [-0.25, -0.2) is 0 Å². The van der Waals surface area contributed by atoms with Gasteiger partial charge in [0.2, 0.25) is 0 Å². The predicted octanol–water partition coefficient (Wildman–Crippen LogP) is 3.28. The van der Waals surface area contributed by atoms with Crippen LogP contribution in [-0.2, 0) is 0 Å². The van der Waals surface area contributed by atoms with E-state index in [4.69, 9.17) is 0 Å². The number of halogens is 1. The molecule has 0 saturated heterocycles. The molecule has 0 aromatic rings. The molecule has 0 aliphatic carbocycles. The monoisotopic (exact) mass is 229 g/mol. The standard InChI is InChI=1S/C10H16BrN/c1-3-4-6-12-7-5-9(2)8-10(12)11/h5,7-8,10H,3-4,6H2,1-2H3. The van der Waals surface area contributed by atoms with E-state index in [2.05, 4.69) is 53.0 Å². The third kappa shape index (κ3) is 2.67. The van der Waals surface area contributed by atoms with E-state index in [0.29, 0.717) is 4.95 Å². The predicted molar refractivity (Wildman–Crippen MR) is 57.2 cm³/mol. The minimum absolute atomic E-state index is 0.397. The summed E-state index contributed by atoms with van der Waals surface area (Å²) in [6.07, 6.45) is 9.08. The van der Waals surface area contributed by atoms with Crippen molar-refractivity contribution in [2.45, 2.75) is 31.6 Å². The van der Waals surface area contributed by atoms with Crippen molar-refractivity contribution in [1.29, 1.82) is 0 Å². The smallest absolute Gasteiger partial charge is 0.103 e. The van der Waals surface area contributed by atoms with Gasteiger partial charge in [0.15, 0.2) is 0 Å². The highest BCUT2D eigenvalue weighted by Crippen LogP contribution is 2.18. The maximum absolute atomic E-state index is 3.62. The summed E-state index contributed by atoms with van der Waals surface area (Å²) in [7, 11) is 0. The number of allylic oxidation sites excluding steroid dienone is 2. The van der Waals surface area contributed by atoms with E-state index in [1.165, 1.54) is 18.4 Å². The normalized spacial score (nSPS) is 22.8. The van der Waals surface area contributed by atoms with Crippen LogP contribution in [0.3, 0.4) is 0 Å². The van der Waals surface area contributed by atoms with Crippen LogP contribution in [0.1, 0.15) is 26.7 Å². The number of hydrogen-bond donors (Lipinski definition) is 0. The van der Waals surface area contributed by atoms with Gasteiger partial charge >= 0.3 is 0 Å². The van der Waals surface area contributed by atoms with Crippen LogP contribution in [0.5, 0.6) is 0 Å². The van der Waals surface area contributed by atoms with Crippen molar-refractivity contribution >= 4 is 15.9 Å². The van der Waals surface area contributed by atoms with Crippen LogP contribution in [-0.4, -0.2) is 16.4 Å². The highest BCUT2D eigenvalue weighted by Gasteiger charge is 2.10. The summed E-state index contributed by atoms with van der Waals surface area (Å²) >= 11 is 3.62. The molecule has 1 atom stereocenters. The number of unbranched alkanes of at least 4 members (excludes halogenated alkanes) is 1. The minimum Gasteiger partial charge on any atom is -0.362 e. The molecular formula is C10H16BrN. The van der Waals surface area contributed by atoms with E-state index >= 15 is 0 Å². The Balaban J connectivity index is 2.43. The van der Waals surface area contributed by atoms with Gasteiger partial charge < -0.3 is 4.90 Å². The summed E-state index contributed by atoms with van der Waals surface area (Å²) in [4.78, 5) is 2.71. The maximum Gasteiger partial charge on any atom is 0.103 e. The van der Waals surface area contributed by atoms with E-state index in [1.807, 2.05) is 0 Å². The summed E-state index contributed by atoms with van der Waals surface area (Å²) in [5, 5.41) is 0. The van der Waals surface area contributed by atoms with Crippen molar-refractivity contribution in [3.8, 4) is 0 Å². The highest BCUT2D eigenvalue weighted by molar-refractivity contribution is 9.09. The fourth-order valence-corrected chi connectivity index (χ4v) is 1.96. The van der Waals surface area contributed by atoms with E-state index in [-0.39, 0.29) is 0 Å². The summed E-state index contributed by atoms with van der Waals surface area (Å²) in [5.41, 5.74) is 1.34. The van der Waals surface area contributed by atoms with Gasteiger partial charge in [0.25, 0.3) is 0 Å². The molecular weight excluding hydrogens is 214 g/mol. The lowest BCUT2D eigenvalue weighted by Crippen LogP contribution is -2.27. The topological polar surface area (TPSA) is 3.24 Å². The van der Waals surface area contributed by atoms with Gasteiger partial charge in [-0.3, -0.25) is 0 Å². The fourth-order valence-electron chi connectivity index (χ4n) is 1.20. The van der Waals surface area contributed by atoms with Gasteiger partial charge in [0.1, 0.15) is 4.95 Å². The third-order valence-corrected chi connectivity index (χ3v) is 2.81. The minimum atomic E-state index is 0.397. The van der Waals surface area contributed by atoms with Crippen LogP contribution < -0.4 is 0 Å². The zero-order chi connectivity index (χ0) is 8.97. The Morgan fingerprint density at radius 1 is 1.58 bits per heavy atom. The van der Waals surface area contributed by atoms with E-state index in [0.717, 1.165) is 6.54 Å². The molecule has 68 valence electrons. The second-order valence-corrected chi connectivity index (χ2v) is 4.13. The first-order valence-corrected chi connectivity index (χ1v) is 5.42. The quantitative estimate of drug-likeness (QED) is 0.531. The van der Waals surface area contributed by atoms with Crippen molar-refractivity contribution in [2.75, 3.05) is 6.54 Å². The largest absolute Gasteiger partial charge is 0.362 e. The number of alkyl halides is 1. The Bertz CT molecular complexity index is 196. The molecule has 0 bridgehead atoms. The third-order valence-electron chi connectivity index (χ3n) is 2.02. The van der Waals surface area contributed by atoms with Crippen molar-refractivity contribution in [2.24, 2.45) is 0 Å². The molecule has 1 rings (SSSR count). The van der Waals surface area contributed by atoms with Crippen LogP contribution in [0.25, 0.3) is 0 Å². The van der Waals surface area contributed by atoms with Crippen molar-refractivity contribution < 1.29 is 0 Å². The van der Waals surface area contributed by atoms with Crippen molar-refractivity contribution in [1.82, 2.24) is 4.90 Å². The first kappa shape index (κ1) is 9.85. The number of rotatable bonds is 3. The molecule has 12 heavy (non-hydrogen) atoms. The lowest BCUT2D eigenvalue weighted by Gasteiger charge is -2.27. The van der Waals surface area contributed by atoms with Crippen LogP contribution in [0.2, 0.25) is 0 Å². The lowest BCUT2D eigenvalue weighted by molar-refractivity contribution is 0.381. The van der Waals surface area contributed by atoms with Gasteiger partial charge in [0, 0.05) is 12.7 Å². The molecule has 0 fully saturated rings. The Morgan fingerprint density at radius 2 is 2.33 bits per heavy atom. The molecule has 0 spiro atoms. The number of nitrogens with zero attached hydrogens (tertiary/aromatic N) is 1. The summed E-state index contributed by atoms with van der Waals surface area (Å²) < 4.78 is 0. The zero-order valence-electron chi connectivity index (χ0n) is 7.76. The van der Waals surface area contributed by atoms with Gasteiger partial charge in [-0.05, 0) is 25.5 Å². The Hall–Kier alpha value is -0.240. The van der Waals surface area contributed by atoms with Crippen molar-refractivity contribution in [3.63, 3.8) is 0 Å². The Kier molecular flexibility index (Phi) is 3.86. The van der Waals surface area contributed by atoms with E-state index in [1.54, 1.807) is 0 Å². The van der Waals surface area contributed by atoms with Gasteiger partial charge in [-0.15, -0.1) is 0 Å². The number of hydrogen-bond acceptors (Lipinski definition) is 1. The van der Waals surface area contributed by atoms with E-state index in [9.17, 15) is 0 Å². The summed E-state index contributed by atoms with van der Waals surface area (Å²) in [5.74, 6) is 0. The second-order valence-electron chi connectivity index (χ2n) is 3.19. The molecule has 1 unspecified atom stereocenters. The molecule has 0 radical (unpaired) electrons. The first-order valence-electron chi connectivity index (χ1n) is 4.50. The van der Waals surface area contributed by atoms with Crippen LogP contribution in [0.15, 0.2) is 23.9 Å². The molecule has 0 amide bonds. The van der Waals surface area contributed by atoms with Crippen molar-refractivity contribution in [3.05, 3.63) is 23.9 Å². The highest BCUT2D eigenvalue weighted by atomic mass is 79.9. The first-order chi connectivity index (χ1) is 5.74. The van der Waals surface area contributed by atoms with Crippen LogP contribution >= 0.6 is 15.9 Å². The zero-order valence-corrected chi connectivity index (χ0v) is 9.34. The van der Waals surface area contributed by atoms with Gasteiger partial charge in [-0.1, -0.05) is 34.8 Å². The molecule has 1 aliphatic rings. The van der Waals surface area contributed by atoms with Crippen LogP contribution in [0.4, 0.5) is 0 Å². The second kappa shape index (κ2) is 4.70. The molecule has 1 heterocycles. The average molecular weight is 230 g/mol. The maximum atomic E-state index is 3.62. The molecule has 1 aliphatic heterocycles. The Labute approximate surface area is 83.3 Å². The molecule has 0 N–H and O–H groups in total. The Morgan fingerprint density at radius 3 is 2.92 bits per heavy atom. The SMILES string of the molecule is CCCCN1C=CC(C)=CC1Br. The molecule has 2 heteroatoms. The average Bonchev–Trinajstić information content (AvgIpc) is 2.03. The van der Waals surface area contributed by atoms with Gasteiger partial charge in [-0.2, -0.15) is 0 Å². The molecule has 0 saturated carbocycles.